The van der Waals surface area contributed by atoms with Gasteiger partial charge in [-0.25, -0.2) is 0 Å². The van der Waals surface area contributed by atoms with Gasteiger partial charge < -0.3 is 0 Å². The fourth-order valence-electron chi connectivity index (χ4n) is 2.36. The van der Waals surface area contributed by atoms with Gasteiger partial charge in [-0.15, -0.1) is 0 Å². The third-order valence-electron chi connectivity index (χ3n) is 3.62. The minimum Gasteiger partial charge on any atom is -0.294 e. The van der Waals surface area contributed by atoms with E-state index < -0.39 is 0 Å². The number of Topliss-reactive ketones (excluding diaryl/α,β-unsaturated/α-hetero) is 2. The first-order chi connectivity index (χ1) is 10.6. The summed E-state index contributed by atoms with van der Waals surface area (Å²) in [5.41, 5.74) is 2.76. The van der Waals surface area contributed by atoms with Gasteiger partial charge in [0.25, 0.3) is 0 Å². The molecule has 1 N–H and O–H groups in total. The van der Waals surface area contributed by atoms with Gasteiger partial charge in [-0.1, -0.05) is 30.3 Å². The molecule has 0 aliphatic heterocycles. The van der Waals surface area contributed by atoms with E-state index in [0.29, 0.717) is 16.6 Å². The lowest BCUT2D eigenvalue weighted by Gasteiger charge is -2.04. The summed E-state index contributed by atoms with van der Waals surface area (Å²) < 4.78 is 0. The lowest BCUT2D eigenvalue weighted by molar-refractivity contribution is 0.0917. The maximum atomic E-state index is 12.2. The van der Waals surface area contributed by atoms with Crippen LogP contribution in [0.25, 0.3) is 10.9 Å². The number of aryl methyl sites for hydroxylation is 1. The van der Waals surface area contributed by atoms with E-state index in [1.165, 1.54) is 0 Å². The van der Waals surface area contributed by atoms with Crippen molar-refractivity contribution in [3.8, 4) is 0 Å². The fraction of sp³-hybridized carbons (Fsp3) is 0.167. The van der Waals surface area contributed by atoms with Crippen LogP contribution in [-0.2, 0) is 0 Å². The number of carbonyl (C=O) groups excluding carboxylic acids is 2. The van der Waals surface area contributed by atoms with Crippen LogP contribution in [0.4, 0.5) is 0 Å². The van der Waals surface area contributed by atoms with Gasteiger partial charge in [0, 0.05) is 23.8 Å². The molecule has 0 bridgehead atoms. The van der Waals surface area contributed by atoms with Gasteiger partial charge in [0.2, 0.25) is 0 Å². The second-order valence-electron chi connectivity index (χ2n) is 5.17. The third kappa shape index (κ3) is 2.75. The number of hydrogen-bond donors (Lipinski definition) is 1. The van der Waals surface area contributed by atoms with Crippen molar-refractivity contribution in [2.75, 3.05) is 0 Å². The van der Waals surface area contributed by atoms with Crippen LogP contribution >= 0.6 is 0 Å². The Hall–Kier alpha value is -2.93. The van der Waals surface area contributed by atoms with Crippen molar-refractivity contribution < 1.29 is 9.59 Å². The Morgan fingerprint density at radius 2 is 1.91 bits per heavy atom. The second-order valence-corrected chi connectivity index (χ2v) is 5.17. The molecule has 0 fully saturated rings. The molecule has 0 aliphatic carbocycles. The Kier molecular flexibility index (Phi) is 3.71. The highest BCUT2D eigenvalue weighted by atomic mass is 16.1. The number of benzene rings is 1. The van der Waals surface area contributed by atoms with E-state index in [4.69, 9.17) is 0 Å². The first-order valence-electron chi connectivity index (χ1n) is 7.04. The average molecular weight is 290 g/mol. The molecule has 0 saturated carbocycles. The van der Waals surface area contributed by atoms with Crippen molar-refractivity contribution in [3.05, 3.63) is 65.4 Å². The lowest BCUT2D eigenvalue weighted by atomic mass is 9.99. The highest BCUT2D eigenvalue weighted by Crippen LogP contribution is 2.14. The Balaban J connectivity index is 1.69. The van der Waals surface area contributed by atoms with Crippen LogP contribution in [-0.4, -0.2) is 21.8 Å². The maximum Gasteiger partial charge on any atom is 0.171 e. The zero-order chi connectivity index (χ0) is 15.5. The molecule has 1 heterocycles. The largest absolute Gasteiger partial charge is 0.294 e. The quantitative estimate of drug-likeness (QED) is 0.733. The van der Waals surface area contributed by atoms with Crippen LogP contribution in [0.15, 0.2) is 36.5 Å². The summed E-state index contributed by atoms with van der Waals surface area (Å²) in [6.07, 6.45) is 2.00. The van der Waals surface area contributed by atoms with Crippen molar-refractivity contribution in [1.29, 1.82) is 0 Å². The number of nitrogens with zero attached hydrogens (tertiary/aromatic N) is 1. The fourth-order valence-corrected chi connectivity index (χ4v) is 2.36. The van der Waals surface area contributed by atoms with Crippen molar-refractivity contribution in [2.45, 2.75) is 19.8 Å². The van der Waals surface area contributed by atoms with E-state index >= 15 is 0 Å². The minimum absolute atomic E-state index is 0.0141. The smallest absolute Gasteiger partial charge is 0.171 e. The van der Waals surface area contributed by atoms with Gasteiger partial charge in [0.15, 0.2) is 11.6 Å². The van der Waals surface area contributed by atoms with Crippen LogP contribution in [0, 0.1) is 19.1 Å². The summed E-state index contributed by atoms with van der Waals surface area (Å²) >= 11 is 0. The molecule has 4 nitrogen and oxygen atoms in total. The molecular formula is C18H14N2O2. The number of fused-ring (bicyclic) bond motifs is 1. The molecule has 0 spiro atoms. The third-order valence-corrected chi connectivity index (χ3v) is 3.62. The zero-order valence-corrected chi connectivity index (χ0v) is 12.1. The Morgan fingerprint density at radius 3 is 2.73 bits per heavy atom. The molecule has 1 aromatic heterocycles. The van der Waals surface area contributed by atoms with E-state index in [1.807, 2.05) is 25.1 Å². The average Bonchev–Trinajstić information content (AvgIpc) is 3.00. The van der Waals surface area contributed by atoms with E-state index in [1.54, 1.807) is 18.3 Å². The molecule has 0 saturated heterocycles. The lowest BCUT2D eigenvalue weighted by Crippen LogP contribution is -2.06. The van der Waals surface area contributed by atoms with Gasteiger partial charge in [-0.05, 0) is 24.6 Å². The predicted octanol–water partition coefficient (Wildman–Crippen LogP) is 3.32. The van der Waals surface area contributed by atoms with Crippen molar-refractivity contribution in [1.82, 2.24) is 10.2 Å². The number of hydrogen-bond acceptors (Lipinski definition) is 3. The Labute approximate surface area is 128 Å². The monoisotopic (exact) mass is 290 g/mol. The SMILES string of the molecule is Cc1ccccc1C(=O)CCC(=O)c1c#cc2[nH]ncc2c1. The number of carbonyl (C=O) groups is 2. The zero-order valence-electron chi connectivity index (χ0n) is 12.1. The van der Waals surface area contributed by atoms with Gasteiger partial charge in [-0.3, -0.25) is 14.7 Å². The van der Waals surface area contributed by atoms with Gasteiger partial charge in [0.05, 0.1) is 11.8 Å². The topological polar surface area (TPSA) is 62.8 Å². The summed E-state index contributed by atoms with van der Waals surface area (Å²) in [6.45, 7) is 1.89. The maximum absolute atomic E-state index is 12.2. The molecule has 2 aromatic carbocycles. The van der Waals surface area contributed by atoms with E-state index in [2.05, 4.69) is 22.3 Å². The van der Waals surface area contributed by atoms with Crippen LogP contribution in [0.1, 0.15) is 39.1 Å². The summed E-state index contributed by atoms with van der Waals surface area (Å²) in [5, 5.41) is 7.46. The molecule has 0 unspecified atom stereocenters. The Bertz CT molecular complexity index is 849. The van der Waals surface area contributed by atoms with Crippen molar-refractivity contribution in [2.24, 2.45) is 0 Å². The molecule has 108 valence electrons. The molecule has 0 radical (unpaired) electrons. The van der Waals surface area contributed by atoms with Crippen LogP contribution in [0.3, 0.4) is 0 Å². The highest BCUT2D eigenvalue weighted by Gasteiger charge is 2.13. The standard InChI is InChI=1S/C18H14N2O2/c1-12-4-2-3-5-15(12)18(22)9-8-17(21)13-6-7-16-14(10-13)11-19-20-16/h2-5,10-11H,8-9H2,1H3,(H,19,20). The molecule has 0 amide bonds. The van der Waals surface area contributed by atoms with Crippen LogP contribution in [0.5, 0.6) is 0 Å². The highest BCUT2D eigenvalue weighted by molar-refractivity contribution is 6.03. The first-order valence-corrected chi connectivity index (χ1v) is 7.04. The molecule has 0 atom stereocenters. The van der Waals surface area contributed by atoms with Gasteiger partial charge in [0.1, 0.15) is 5.52 Å². The normalized spacial score (nSPS) is 10.4. The predicted molar refractivity (Wildman–Crippen MR) is 82.8 cm³/mol. The molecule has 3 aromatic rings. The van der Waals surface area contributed by atoms with E-state index in [9.17, 15) is 9.59 Å². The number of rotatable bonds is 5. The van der Waals surface area contributed by atoms with Gasteiger partial charge >= 0.3 is 0 Å². The summed E-state index contributed by atoms with van der Waals surface area (Å²) in [7, 11) is 0. The minimum atomic E-state index is -0.110. The number of aromatic nitrogens is 2. The molecule has 22 heavy (non-hydrogen) atoms. The van der Waals surface area contributed by atoms with Crippen molar-refractivity contribution in [3.63, 3.8) is 0 Å². The summed E-state index contributed by atoms with van der Waals surface area (Å²) in [5.74, 6) is -0.124. The molecule has 3 rings (SSSR count). The summed E-state index contributed by atoms with van der Waals surface area (Å²) in [6, 6.07) is 14.8. The first kappa shape index (κ1) is 14.0. The van der Waals surface area contributed by atoms with Gasteiger partial charge in [-0.2, -0.15) is 5.10 Å². The van der Waals surface area contributed by atoms with E-state index in [0.717, 1.165) is 10.9 Å². The van der Waals surface area contributed by atoms with Crippen LogP contribution in [0.2, 0.25) is 0 Å². The molecule has 4 heteroatoms. The second kappa shape index (κ2) is 5.82. The number of ketones is 2. The number of H-pyrrole nitrogens is 1. The molecular weight excluding hydrogens is 276 g/mol. The van der Waals surface area contributed by atoms with E-state index in [-0.39, 0.29) is 24.4 Å². The Morgan fingerprint density at radius 1 is 1.14 bits per heavy atom. The number of nitrogens with one attached hydrogen (secondary N) is 1. The number of aromatic amines is 1. The molecule has 0 aliphatic rings. The summed E-state index contributed by atoms with van der Waals surface area (Å²) in [4.78, 5) is 24.4. The van der Waals surface area contributed by atoms with Crippen LogP contribution < -0.4 is 0 Å². The van der Waals surface area contributed by atoms with Crippen molar-refractivity contribution >= 4 is 22.5 Å².